The van der Waals surface area contributed by atoms with Gasteiger partial charge in [0.15, 0.2) is 0 Å². The standard InChI is InChI=1S/C18H13BrClN5O6/c19-16-10-23(22-18(16)25(29)30)6-5-17(26)21-12-7-13(24(27)28)9-15(8-12)31-14-3-1-11(20)2-4-14/h1-4,7-10H,5-6H2,(H,21,26). The van der Waals surface area contributed by atoms with Gasteiger partial charge in [0, 0.05) is 23.6 Å². The van der Waals surface area contributed by atoms with Crippen molar-refractivity contribution in [3.63, 3.8) is 0 Å². The van der Waals surface area contributed by atoms with Crippen LogP contribution in [0.3, 0.4) is 0 Å². The topological polar surface area (TPSA) is 142 Å². The monoisotopic (exact) mass is 509 g/mol. The fraction of sp³-hybridized carbons (Fsp3) is 0.111. The summed E-state index contributed by atoms with van der Waals surface area (Å²) < 4.78 is 7.07. The van der Waals surface area contributed by atoms with Crippen LogP contribution in [0.25, 0.3) is 0 Å². The molecule has 1 heterocycles. The van der Waals surface area contributed by atoms with Crippen molar-refractivity contribution in [2.24, 2.45) is 0 Å². The molecule has 31 heavy (non-hydrogen) atoms. The van der Waals surface area contributed by atoms with Crippen molar-refractivity contribution in [3.8, 4) is 11.5 Å². The van der Waals surface area contributed by atoms with Crippen molar-refractivity contribution in [1.29, 1.82) is 0 Å². The van der Waals surface area contributed by atoms with E-state index < -0.39 is 15.8 Å². The third-order valence-corrected chi connectivity index (χ3v) is 4.69. The third-order valence-electron chi connectivity index (χ3n) is 3.88. The number of amides is 1. The van der Waals surface area contributed by atoms with Gasteiger partial charge in [-0.2, -0.15) is 4.68 Å². The SMILES string of the molecule is O=C(CCn1cc(Br)c([N+](=O)[O-])n1)Nc1cc(Oc2ccc(Cl)cc2)cc([N+](=O)[O-])c1. The van der Waals surface area contributed by atoms with Crippen LogP contribution in [0.5, 0.6) is 11.5 Å². The first-order chi connectivity index (χ1) is 14.7. The number of carbonyl (C=O) groups is 1. The maximum Gasteiger partial charge on any atom is 0.404 e. The Morgan fingerprint density at radius 2 is 1.84 bits per heavy atom. The van der Waals surface area contributed by atoms with Gasteiger partial charge >= 0.3 is 5.82 Å². The van der Waals surface area contributed by atoms with Crippen molar-refractivity contribution >= 4 is 50.6 Å². The highest BCUT2D eigenvalue weighted by Gasteiger charge is 2.19. The number of nitrogens with one attached hydrogen (secondary N) is 1. The van der Waals surface area contributed by atoms with Gasteiger partial charge in [0.1, 0.15) is 16.0 Å². The van der Waals surface area contributed by atoms with Crippen LogP contribution in [-0.2, 0) is 11.3 Å². The number of hydrogen-bond acceptors (Lipinski definition) is 7. The average molecular weight is 511 g/mol. The van der Waals surface area contributed by atoms with E-state index in [0.717, 1.165) is 0 Å². The lowest BCUT2D eigenvalue weighted by Crippen LogP contribution is -2.15. The number of carbonyl (C=O) groups excluding carboxylic acids is 1. The van der Waals surface area contributed by atoms with E-state index in [4.69, 9.17) is 16.3 Å². The number of anilines is 1. The molecule has 160 valence electrons. The predicted octanol–water partition coefficient (Wildman–Crippen LogP) is 4.94. The lowest BCUT2D eigenvalue weighted by molar-refractivity contribution is -0.390. The number of aromatic nitrogens is 2. The molecule has 0 fully saturated rings. The molecule has 0 atom stereocenters. The minimum Gasteiger partial charge on any atom is -0.457 e. The zero-order chi connectivity index (χ0) is 22.5. The Morgan fingerprint density at radius 1 is 1.13 bits per heavy atom. The van der Waals surface area contributed by atoms with Crippen molar-refractivity contribution in [2.75, 3.05) is 5.32 Å². The zero-order valence-corrected chi connectivity index (χ0v) is 17.9. The number of halogens is 2. The number of nitrogens with zero attached hydrogens (tertiary/aromatic N) is 4. The Morgan fingerprint density at radius 3 is 2.45 bits per heavy atom. The van der Waals surface area contributed by atoms with Gasteiger partial charge in [-0.1, -0.05) is 11.6 Å². The molecule has 1 amide bonds. The molecule has 1 N–H and O–H groups in total. The van der Waals surface area contributed by atoms with Gasteiger partial charge in [0.25, 0.3) is 5.69 Å². The van der Waals surface area contributed by atoms with E-state index in [9.17, 15) is 25.0 Å². The van der Waals surface area contributed by atoms with Crippen LogP contribution in [-0.4, -0.2) is 25.5 Å². The molecule has 0 unspecified atom stereocenters. The number of rotatable bonds is 8. The first kappa shape index (κ1) is 22.2. The molecule has 2 aromatic carbocycles. The highest BCUT2D eigenvalue weighted by molar-refractivity contribution is 9.10. The molecule has 13 heteroatoms. The number of ether oxygens (including phenoxy) is 1. The van der Waals surface area contributed by atoms with Crippen LogP contribution in [0.1, 0.15) is 6.42 Å². The number of hydrogen-bond donors (Lipinski definition) is 1. The van der Waals surface area contributed by atoms with Gasteiger partial charge in [-0.3, -0.25) is 14.9 Å². The van der Waals surface area contributed by atoms with Crippen LogP contribution in [0.15, 0.2) is 53.1 Å². The predicted molar refractivity (Wildman–Crippen MR) is 114 cm³/mol. The number of aryl methyl sites for hydroxylation is 1. The first-order valence-corrected chi connectivity index (χ1v) is 9.78. The van der Waals surface area contributed by atoms with Gasteiger partial charge in [-0.15, -0.1) is 0 Å². The second kappa shape index (κ2) is 9.53. The Hall–Kier alpha value is -3.51. The molecule has 1 aromatic heterocycles. The number of nitro groups is 2. The van der Waals surface area contributed by atoms with Gasteiger partial charge < -0.3 is 20.2 Å². The summed E-state index contributed by atoms with van der Waals surface area (Å²) in [5.74, 6) is -0.262. The van der Waals surface area contributed by atoms with Crippen molar-refractivity contribution in [3.05, 3.63) is 78.4 Å². The van der Waals surface area contributed by atoms with Crippen LogP contribution >= 0.6 is 27.5 Å². The maximum absolute atomic E-state index is 12.3. The second-order valence-corrected chi connectivity index (χ2v) is 7.44. The van der Waals surface area contributed by atoms with Crippen molar-refractivity contribution in [2.45, 2.75) is 13.0 Å². The van der Waals surface area contributed by atoms with Gasteiger partial charge in [0.2, 0.25) is 5.91 Å². The summed E-state index contributed by atoms with van der Waals surface area (Å²) in [5.41, 5.74) is -0.107. The summed E-state index contributed by atoms with van der Waals surface area (Å²) in [6.45, 7) is 0.0708. The molecule has 0 aliphatic carbocycles. The molecule has 0 saturated heterocycles. The van der Waals surface area contributed by atoms with E-state index in [1.807, 2.05) is 0 Å². The second-order valence-electron chi connectivity index (χ2n) is 6.15. The van der Waals surface area contributed by atoms with E-state index in [-0.39, 0.29) is 40.4 Å². The normalized spacial score (nSPS) is 10.5. The molecular weight excluding hydrogens is 498 g/mol. The average Bonchev–Trinajstić information content (AvgIpc) is 3.09. The summed E-state index contributed by atoms with van der Waals surface area (Å²) in [6.07, 6.45) is 1.32. The summed E-state index contributed by atoms with van der Waals surface area (Å²) in [5, 5.41) is 28.9. The van der Waals surface area contributed by atoms with Crippen LogP contribution in [0.4, 0.5) is 17.2 Å². The third kappa shape index (κ3) is 5.99. The number of nitro benzene ring substituents is 1. The Labute approximate surface area is 188 Å². The summed E-state index contributed by atoms with van der Waals surface area (Å²) in [4.78, 5) is 33.1. The van der Waals surface area contributed by atoms with E-state index in [1.54, 1.807) is 24.3 Å². The smallest absolute Gasteiger partial charge is 0.404 e. The quantitative estimate of drug-likeness (QED) is 0.334. The first-order valence-electron chi connectivity index (χ1n) is 8.61. The van der Waals surface area contributed by atoms with Crippen LogP contribution < -0.4 is 10.1 Å². The van der Waals surface area contributed by atoms with Gasteiger partial charge in [-0.05, 0) is 45.1 Å². The van der Waals surface area contributed by atoms with E-state index in [2.05, 4.69) is 26.3 Å². The Kier molecular flexibility index (Phi) is 6.82. The minimum atomic E-state index is -0.647. The summed E-state index contributed by atoms with van der Waals surface area (Å²) in [7, 11) is 0. The number of benzene rings is 2. The highest BCUT2D eigenvalue weighted by atomic mass is 79.9. The molecule has 3 rings (SSSR count). The van der Waals surface area contributed by atoms with Gasteiger partial charge in [0.05, 0.1) is 34.5 Å². The molecule has 0 saturated carbocycles. The fourth-order valence-corrected chi connectivity index (χ4v) is 3.11. The lowest BCUT2D eigenvalue weighted by Gasteiger charge is -2.09. The molecule has 0 radical (unpaired) electrons. The maximum atomic E-state index is 12.3. The van der Waals surface area contributed by atoms with Crippen LogP contribution in [0.2, 0.25) is 5.02 Å². The minimum absolute atomic E-state index is 0.0681. The van der Waals surface area contributed by atoms with E-state index in [1.165, 1.54) is 29.1 Å². The Balaban J connectivity index is 1.70. The lowest BCUT2D eigenvalue weighted by atomic mass is 10.2. The van der Waals surface area contributed by atoms with Gasteiger partial charge in [-0.25, -0.2) is 0 Å². The summed E-state index contributed by atoms with van der Waals surface area (Å²) >= 11 is 8.86. The number of non-ortho nitro benzene ring substituents is 1. The molecule has 0 aliphatic heterocycles. The molecular formula is C18H13BrClN5O6. The van der Waals surface area contributed by atoms with Crippen molar-refractivity contribution < 1.29 is 19.4 Å². The van der Waals surface area contributed by atoms with Crippen molar-refractivity contribution in [1.82, 2.24) is 9.78 Å². The molecule has 0 bridgehead atoms. The fourth-order valence-electron chi connectivity index (χ4n) is 2.52. The highest BCUT2D eigenvalue weighted by Crippen LogP contribution is 2.30. The Bertz CT molecular complexity index is 1150. The van der Waals surface area contributed by atoms with Crippen LogP contribution in [0, 0.1) is 20.2 Å². The summed E-state index contributed by atoms with van der Waals surface area (Å²) in [6, 6.07) is 10.3. The molecule has 0 aliphatic rings. The van der Waals surface area contributed by atoms with E-state index in [0.29, 0.717) is 10.8 Å². The molecule has 3 aromatic rings. The molecule has 11 nitrogen and oxygen atoms in total. The zero-order valence-electron chi connectivity index (χ0n) is 15.5. The van der Waals surface area contributed by atoms with E-state index >= 15 is 0 Å². The largest absolute Gasteiger partial charge is 0.457 e. The molecule has 0 spiro atoms.